The van der Waals surface area contributed by atoms with Gasteiger partial charge in [-0.05, 0) is 48.9 Å². The van der Waals surface area contributed by atoms with Crippen LogP contribution in [0.1, 0.15) is 6.42 Å². The van der Waals surface area contributed by atoms with Crippen molar-refractivity contribution >= 4 is 21.6 Å². The van der Waals surface area contributed by atoms with Crippen LogP contribution in [0.5, 0.6) is 11.5 Å². The molecule has 7 nitrogen and oxygen atoms in total. The molecule has 4 aromatic rings. The van der Waals surface area contributed by atoms with Gasteiger partial charge in [-0.2, -0.15) is 0 Å². The second-order valence-corrected chi connectivity index (χ2v) is 10.5. The first kappa shape index (κ1) is 23.1. The van der Waals surface area contributed by atoms with Crippen LogP contribution in [0.15, 0.2) is 59.7 Å². The van der Waals surface area contributed by atoms with Crippen molar-refractivity contribution < 1.29 is 18.6 Å². The van der Waals surface area contributed by atoms with Gasteiger partial charge >= 0.3 is 0 Å². The number of halogens is 1. The third-order valence-electron chi connectivity index (χ3n) is 6.99. The molecule has 2 fully saturated rings. The first-order chi connectivity index (χ1) is 17.5. The first-order valence-corrected chi connectivity index (χ1v) is 12.7. The number of fused-ring (bicyclic) bond motifs is 1. The summed E-state index contributed by atoms with van der Waals surface area (Å²) in [5.74, 6) is 0.900. The molecule has 2 aliphatic heterocycles. The summed E-state index contributed by atoms with van der Waals surface area (Å²) in [6, 6.07) is 13.5. The zero-order chi connectivity index (χ0) is 24.7. The number of nitrogens with zero attached hydrogens (tertiary/aromatic N) is 3. The van der Waals surface area contributed by atoms with Gasteiger partial charge in [0.2, 0.25) is 0 Å². The van der Waals surface area contributed by atoms with E-state index in [9.17, 15) is 9.18 Å². The van der Waals surface area contributed by atoms with Gasteiger partial charge < -0.3 is 14.2 Å². The summed E-state index contributed by atoms with van der Waals surface area (Å²) >= 11 is 1.35. The standard InChI is InChI=1S/C27H26FN3O4S/c1-33-23-12-20(6-7-22(23)35-11-10-30-9-8-27(14-30)15-34-16-27)31-17-29-21-13-24(36-25(21)26(31)32)18-2-4-19(28)5-3-18/h2-7,12-13,17H,8-11,14-16H2,1H3. The summed E-state index contributed by atoms with van der Waals surface area (Å²) in [6.07, 6.45) is 2.71. The zero-order valence-electron chi connectivity index (χ0n) is 19.9. The molecule has 0 amide bonds. The van der Waals surface area contributed by atoms with Gasteiger partial charge in [0.25, 0.3) is 5.56 Å². The Morgan fingerprint density at radius 3 is 2.69 bits per heavy atom. The van der Waals surface area contributed by atoms with Gasteiger partial charge in [-0.15, -0.1) is 11.3 Å². The number of hydrogen-bond donors (Lipinski definition) is 0. The maximum atomic E-state index is 13.3. The van der Waals surface area contributed by atoms with Gasteiger partial charge in [-0.3, -0.25) is 14.3 Å². The average Bonchev–Trinajstić information content (AvgIpc) is 3.51. The number of likely N-dealkylation sites (tertiary alicyclic amines) is 1. The summed E-state index contributed by atoms with van der Waals surface area (Å²) in [4.78, 5) is 21.1. The molecule has 0 aliphatic carbocycles. The highest BCUT2D eigenvalue weighted by atomic mass is 32.1. The number of methoxy groups -OCH3 is 1. The SMILES string of the molecule is COc1cc(-n2cnc3cc(-c4ccc(F)cc4)sc3c2=O)ccc1OCCN1CCC2(COC2)C1. The Kier molecular flexibility index (Phi) is 5.99. The molecule has 1 spiro atoms. The van der Waals surface area contributed by atoms with Crippen LogP contribution < -0.4 is 15.0 Å². The van der Waals surface area contributed by atoms with E-state index in [-0.39, 0.29) is 11.4 Å². The van der Waals surface area contributed by atoms with E-state index in [1.54, 1.807) is 25.3 Å². The second-order valence-electron chi connectivity index (χ2n) is 9.45. The number of rotatable bonds is 7. The van der Waals surface area contributed by atoms with Crippen LogP contribution >= 0.6 is 11.3 Å². The highest BCUT2D eigenvalue weighted by molar-refractivity contribution is 7.22. The van der Waals surface area contributed by atoms with Gasteiger partial charge in [0, 0.05) is 29.4 Å². The number of aromatic nitrogens is 2. The van der Waals surface area contributed by atoms with Gasteiger partial charge in [0.15, 0.2) is 11.5 Å². The monoisotopic (exact) mass is 507 g/mol. The van der Waals surface area contributed by atoms with Crippen LogP contribution in [0.3, 0.4) is 0 Å². The van der Waals surface area contributed by atoms with E-state index in [0.29, 0.717) is 39.4 Å². The predicted molar refractivity (Wildman–Crippen MR) is 137 cm³/mol. The van der Waals surface area contributed by atoms with E-state index < -0.39 is 0 Å². The van der Waals surface area contributed by atoms with E-state index in [4.69, 9.17) is 14.2 Å². The molecule has 0 atom stereocenters. The van der Waals surface area contributed by atoms with Crippen molar-refractivity contribution in [1.82, 2.24) is 14.5 Å². The molecule has 4 heterocycles. The summed E-state index contributed by atoms with van der Waals surface area (Å²) in [7, 11) is 1.59. The zero-order valence-corrected chi connectivity index (χ0v) is 20.7. The van der Waals surface area contributed by atoms with E-state index in [1.807, 2.05) is 18.2 Å². The number of ether oxygens (including phenoxy) is 3. The van der Waals surface area contributed by atoms with Crippen molar-refractivity contribution in [3.8, 4) is 27.6 Å². The Morgan fingerprint density at radius 2 is 1.97 bits per heavy atom. The van der Waals surface area contributed by atoms with Crippen LogP contribution in [0.2, 0.25) is 0 Å². The number of benzene rings is 2. The lowest BCUT2D eigenvalue weighted by atomic mass is 9.85. The van der Waals surface area contributed by atoms with Crippen molar-refractivity contribution in [2.24, 2.45) is 5.41 Å². The molecular formula is C27H26FN3O4S. The van der Waals surface area contributed by atoms with Crippen LogP contribution in [0.4, 0.5) is 4.39 Å². The molecule has 0 unspecified atom stereocenters. The largest absolute Gasteiger partial charge is 0.493 e. The molecule has 36 heavy (non-hydrogen) atoms. The van der Waals surface area contributed by atoms with E-state index in [0.717, 1.165) is 43.3 Å². The Balaban J connectivity index is 1.20. The smallest absolute Gasteiger partial charge is 0.275 e. The highest BCUT2D eigenvalue weighted by Gasteiger charge is 2.44. The molecule has 2 saturated heterocycles. The van der Waals surface area contributed by atoms with Crippen molar-refractivity contribution in [3.63, 3.8) is 0 Å². The van der Waals surface area contributed by atoms with Gasteiger partial charge in [0.05, 0.1) is 31.5 Å². The molecule has 2 aliphatic rings. The Labute approximate surface area is 211 Å². The first-order valence-electron chi connectivity index (χ1n) is 11.9. The Morgan fingerprint density at radius 1 is 1.14 bits per heavy atom. The quantitative estimate of drug-likeness (QED) is 0.370. The summed E-state index contributed by atoms with van der Waals surface area (Å²) in [5, 5.41) is 0. The minimum atomic E-state index is -0.296. The number of hydrogen-bond acceptors (Lipinski definition) is 7. The lowest BCUT2D eigenvalue weighted by molar-refractivity contribution is -0.105. The van der Waals surface area contributed by atoms with E-state index in [2.05, 4.69) is 9.88 Å². The van der Waals surface area contributed by atoms with Crippen molar-refractivity contribution in [2.75, 3.05) is 46.6 Å². The molecule has 0 bridgehead atoms. The minimum absolute atomic E-state index is 0.169. The number of thiophene rings is 1. The lowest BCUT2D eigenvalue weighted by Crippen LogP contribution is -2.44. The fourth-order valence-corrected chi connectivity index (χ4v) is 5.95. The fraction of sp³-hybridized carbons (Fsp3) is 0.333. The Hall–Kier alpha value is -3.27. The fourth-order valence-electron chi connectivity index (χ4n) is 4.91. The van der Waals surface area contributed by atoms with E-state index >= 15 is 0 Å². The molecule has 186 valence electrons. The van der Waals surface area contributed by atoms with Crippen LogP contribution in [-0.4, -0.2) is 61.0 Å². The molecule has 0 N–H and O–H groups in total. The Bertz CT molecular complexity index is 1460. The maximum absolute atomic E-state index is 13.3. The molecule has 6 rings (SSSR count). The van der Waals surface area contributed by atoms with E-state index in [1.165, 1.54) is 40.8 Å². The molecule has 0 saturated carbocycles. The average molecular weight is 508 g/mol. The summed E-state index contributed by atoms with van der Waals surface area (Å²) in [6.45, 7) is 5.30. The molecule has 2 aromatic heterocycles. The molecule has 9 heteroatoms. The second kappa shape index (κ2) is 9.31. The van der Waals surface area contributed by atoms with Crippen molar-refractivity contribution in [1.29, 1.82) is 0 Å². The molecule has 0 radical (unpaired) electrons. The van der Waals surface area contributed by atoms with Gasteiger partial charge in [-0.1, -0.05) is 12.1 Å². The maximum Gasteiger partial charge on any atom is 0.275 e. The van der Waals surface area contributed by atoms with Crippen LogP contribution in [-0.2, 0) is 4.74 Å². The van der Waals surface area contributed by atoms with Gasteiger partial charge in [0.1, 0.15) is 23.5 Å². The minimum Gasteiger partial charge on any atom is -0.493 e. The molecular weight excluding hydrogens is 481 g/mol. The molecule has 2 aromatic carbocycles. The summed E-state index contributed by atoms with van der Waals surface area (Å²) in [5.41, 5.74) is 2.30. The van der Waals surface area contributed by atoms with Crippen LogP contribution in [0, 0.1) is 11.2 Å². The van der Waals surface area contributed by atoms with Crippen molar-refractivity contribution in [2.45, 2.75) is 6.42 Å². The topological polar surface area (TPSA) is 65.8 Å². The summed E-state index contributed by atoms with van der Waals surface area (Å²) < 4.78 is 32.3. The predicted octanol–water partition coefficient (Wildman–Crippen LogP) is 4.36. The van der Waals surface area contributed by atoms with Gasteiger partial charge in [-0.25, -0.2) is 9.37 Å². The lowest BCUT2D eigenvalue weighted by Gasteiger charge is -2.37. The van der Waals surface area contributed by atoms with Crippen molar-refractivity contribution in [3.05, 3.63) is 71.0 Å². The third-order valence-corrected chi connectivity index (χ3v) is 8.15. The van der Waals surface area contributed by atoms with Crippen LogP contribution in [0.25, 0.3) is 26.3 Å². The highest BCUT2D eigenvalue weighted by Crippen LogP contribution is 2.37. The normalized spacial score (nSPS) is 16.9. The third kappa shape index (κ3) is 4.27.